The van der Waals surface area contributed by atoms with Crippen LogP contribution in [0.25, 0.3) is 10.4 Å². The van der Waals surface area contributed by atoms with Gasteiger partial charge in [0.25, 0.3) is 5.56 Å². The minimum absolute atomic E-state index is 0.0726. The molecule has 114 valence electrons. The molecule has 1 aromatic carbocycles. The lowest BCUT2D eigenvalue weighted by Crippen LogP contribution is -2.19. The van der Waals surface area contributed by atoms with Crippen molar-refractivity contribution in [2.24, 2.45) is 0 Å². The minimum atomic E-state index is 0.0726. The van der Waals surface area contributed by atoms with Gasteiger partial charge in [-0.1, -0.05) is 55.2 Å². The molecule has 0 aliphatic heterocycles. The number of aromatic nitrogens is 1. The van der Waals surface area contributed by atoms with E-state index in [0.717, 1.165) is 29.8 Å². The Morgan fingerprint density at radius 2 is 2.05 bits per heavy atom. The molecule has 0 aliphatic rings. The van der Waals surface area contributed by atoms with Crippen LogP contribution in [-0.2, 0) is 11.3 Å². The summed E-state index contributed by atoms with van der Waals surface area (Å²) < 4.78 is 6.90. The van der Waals surface area contributed by atoms with E-state index in [1.54, 1.807) is 7.11 Å². The summed E-state index contributed by atoms with van der Waals surface area (Å²) >= 11 is 1.54. The van der Waals surface area contributed by atoms with Crippen molar-refractivity contribution in [1.29, 1.82) is 0 Å². The summed E-state index contributed by atoms with van der Waals surface area (Å²) in [4.78, 5) is 13.5. The van der Waals surface area contributed by atoms with E-state index >= 15 is 0 Å². The van der Waals surface area contributed by atoms with Crippen LogP contribution in [0.3, 0.4) is 0 Å². The van der Waals surface area contributed by atoms with Gasteiger partial charge in [0.1, 0.15) is 5.69 Å². The van der Waals surface area contributed by atoms with E-state index in [1.165, 1.54) is 11.5 Å². The Labute approximate surface area is 129 Å². The summed E-state index contributed by atoms with van der Waals surface area (Å²) in [5, 5.41) is 3.23. The fourth-order valence-corrected chi connectivity index (χ4v) is 3.20. The fraction of sp³-hybridized carbons (Fsp3) is 0.438. The van der Waals surface area contributed by atoms with E-state index in [0.29, 0.717) is 18.8 Å². The maximum absolute atomic E-state index is 12.5. The van der Waals surface area contributed by atoms with Gasteiger partial charge in [-0.15, -0.1) is 0 Å². The third-order valence-electron chi connectivity index (χ3n) is 3.23. The molecule has 1 N–H and O–H groups in total. The maximum atomic E-state index is 12.5. The number of ether oxygens (including phenoxy) is 1. The largest absolute Gasteiger partial charge is 0.383 e. The van der Waals surface area contributed by atoms with Crippen molar-refractivity contribution in [2.45, 2.75) is 26.3 Å². The van der Waals surface area contributed by atoms with Crippen molar-refractivity contribution in [3.63, 3.8) is 0 Å². The van der Waals surface area contributed by atoms with Gasteiger partial charge in [-0.25, -0.2) is 0 Å². The molecular weight excluding hydrogens is 284 g/mol. The number of methoxy groups -OCH3 is 1. The van der Waals surface area contributed by atoms with Gasteiger partial charge >= 0.3 is 0 Å². The highest BCUT2D eigenvalue weighted by Gasteiger charge is 2.15. The first-order valence-corrected chi connectivity index (χ1v) is 8.07. The number of aryl methyl sites for hydroxylation is 1. The fourth-order valence-electron chi connectivity index (χ4n) is 2.09. The Balaban J connectivity index is 2.34. The highest BCUT2D eigenvalue weighted by Crippen LogP contribution is 2.30. The second-order valence-corrected chi connectivity index (χ2v) is 5.87. The normalized spacial score (nSPS) is 10.8. The lowest BCUT2D eigenvalue weighted by Gasteiger charge is -2.05. The van der Waals surface area contributed by atoms with Crippen molar-refractivity contribution in [1.82, 2.24) is 3.96 Å². The van der Waals surface area contributed by atoms with Crippen LogP contribution in [0.1, 0.15) is 19.8 Å². The van der Waals surface area contributed by atoms with Gasteiger partial charge in [-0.3, -0.25) is 8.75 Å². The molecule has 0 amide bonds. The molecule has 2 rings (SSSR count). The third-order valence-corrected chi connectivity index (χ3v) is 4.42. The lowest BCUT2D eigenvalue weighted by atomic mass is 10.2. The Hall–Kier alpha value is -1.59. The molecule has 0 saturated heterocycles. The standard InChI is InChI=1S/C16H22N2O2S/c1-3-4-11-18-16(19)14(17-10-12-20-2)15(21-18)13-8-6-5-7-9-13/h5-9,17H,3-4,10-12H2,1-2H3. The average molecular weight is 306 g/mol. The molecule has 1 heterocycles. The molecule has 0 bridgehead atoms. The highest BCUT2D eigenvalue weighted by molar-refractivity contribution is 7.10. The van der Waals surface area contributed by atoms with Gasteiger partial charge in [0.2, 0.25) is 0 Å². The summed E-state index contributed by atoms with van der Waals surface area (Å²) in [5.41, 5.74) is 1.84. The lowest BCUT2D eigenvalue weighted by molar-refractivity contribution is 0.211. The van der Waals surface area contributed by atoms with Crippen LogP contribution in [0.2, 0.25) is 0 Å². The number of anilines is 1. The van der Waals surface area contributed by atoms with Crippen LogP contribution in [0.5, 0.6) is 0 Å². The Morgan fingerprint density at radius 1 is 1.29 bits per heavy atom. The van der Waals surface area contributed by atoms with Crippen LogP contribution in [-0.4, -0.2) is 24.2 Å². The average Bonchev–Trinajstić information content (AvgIpc) is 2.83. The van der Waals surface area contributed by atoms with Gasteiger partial charge in [0.05, 0.1) is 11.5 Å². The molecule has 0 radical (unpaired) electrons. The van der Waals surface area contributed by atoms with Crippen molar-refractivity contribution < 1.29 is 4.74 Å². The second-order valence-electron chi connectivity index (χ2n) is 4.84. The summed E-state index contributed by atoms with van der Waals surface area (Å²) in [6.07, 6.45) is 2.10. The van der Waals surface area contributed by atoms with E-state index < -0.39 is 0 Å². The zero-order chi connectivity index (χ0) is 15.1. The zero-order valence-electron chi connectivity index (χ0n) is 12.6. The minimum Gasteiger partial charge on any atom is -0.383 e. The Bertz CT molecular complexity index is 604. The van der Waals surface area contributed by atoms with E-state index in [9.17, 15) is 4.79 Å². The number of hydrogen-bond acceptors (Lipinski definition) is 4. The summed E-state index contributed by atoms with van der Waals surface area (Å²) in [6, 6.07) is 10.1. The van der Waals surface area contributed by atoms with Crippen LogP contribution >= 0.6 is 11.5 Å². The van der Waals surface area contributed by atoms with Crippen LogP contribution in [0.4, 0.5) is 5.69 Å². The number of rotatable bonds is 8. The Kier molecular flexibility index (Phi) is 6.02. The van der Waals surface area contributed by atoms with Crippen molar-refractivity contribution >= 4 is 17.2 Å². The van der Waals surface area contributed by atoms with E-state index in [-0.39, 0.29) is 5.56 Å². The molecule has 21 heavy (non-hydrogen) atoms. The molecular formula is C16H22N2O2S. The molecule has 0 saturated carbocycles. The molecule has 1 aromatic heterocycles. The SMILES string of the molecule is CCCCn1sc(-c2ccccc2)c(NCCOC)c1=O. The first kappa shape index (κ1) is 15.8. The first-order chi connectivity index (χ1) is 10.3. The van der Waals surface area contributed by atoms with Gasteiger partial charge in [0, 0.05) is 20.2 Å². The van der Waals surface area contributed by atoms with Gasteiger partial charge < -0.3 is 10.1 Å². The molecule has 4 nitrogen and oxygen atoms in total. The van der Waals surface area contributed by atoms with Crippen molar-refractivity contribution in [3.8, 4) is 10.4 Å². The topological polar surface area (TPSA) is 43.3 Å². The molecule has 0 atom stereocenters. The quantitative estimate of drug-likeness (QED) is 0.760. The number of nitrogens with one attached hydrogen (secondary N) is 1. The molecule has 0 aliphatic carbocycles. The molecule has 0 unspecified atom stereocenters. The number of hydrogen-bond donors (Lipinski definition) is 1. The maximum Gasteiger partial charge on any atom is 0.284 e. The molecule has 2 aromatic rings. The Morgan fingerprint density at radius 3 is 2.71 bits per heavy atom. The summed E-state index contributed by atoms with van der Waals surface area (Å²) in [6.45, 7) is 4.13. The summed E-state index contributed by atoms with van der Waals surface area (Å²) in [7, 11) is 1.66. The van der Waals surface area contributed by atoms with Crippen molar-refractivity contribution in [2.75, 3.05) is 25.6 Å². The van der Waals surface area contributed by atoms with E-state index in [2.05, 4.69) is 12.2 Å². The van der Waals surface area contributed by atoms with E-state index in [4.69, 9.17) is 4.74 Å². The van der Waals surface area contributed by atoms with E-state index in [1.807, 2.05) is 34.3 Å². The van der Waals surface area contributed by atoms with Crippen LogP contribution in [0.15, 0.2) is 35.1 Å². The molecule has 0 fully saturated rings. The zero-order valence-corrected chi connectivity index (χ0v) is 13.4. The number of nitrogens with zero attached hydrogens (tertiary/aromatic N) is 1. The van der Waals surface area contributed by atoms with Gasteiger partial charge in [-0.2, -0.15) is 0 Å². The van der Waals surface area contributed by atoms with Crippen molar-refractivity contribution in [3.05, 3.63) is 40.7 Å². The predicted octanol–water partition coefficient (Wildman–Crippen LogP) is 3.44. The van der Waals surface area contributed by atoms with Gasteiger partial charge in [0.15, 0.2) is 0 Å². The monoisotopic (exact) mass is 306 g/mol. The summed E-state index contributed by atoms with van der Waals surface area (Å²) in [5.74, 6) is 0. The highest BCUT2D eigenvalue weighted by atomic mass is 32.1. The predicted molar refractivity (Wildman–Crippen MR) is 89.3 cm³/mol. The van der Waals surface area contributed by atoms with Crippen LogP contribution < -0.4 is 10.9 Å². The third kappa shape index (κ3) is 3.95. The van der Waals surface area contributed by atoms with Crippen LogP contribution in [0, 0.1) is 0 Å². The van der Waals surface area contributed by atoms with Gasteiger partial charge in [-0.05, 0) is 12.0 Å². The molecule has 5 heteroatoms. The molecule has 0 spiro atoms. The number of unbranched alkanes of at least 4 members (excludes halogenated alkanes) is 1. The second kappa shape index (κ2) is 8.00. The number of benzene rings is 1. The smallest absolute Gasteiger partial charge is 0.284 e. The first-order valence-electron chi connectivity index (χ1n) is 7.30.